The number of alkyl carbamates (subject to hydrolysis) is 1. The van der Waals surface area contributed by atoms with E-state index in [0.717, 1.165) is 25.9 Å². The Balaban J connectivity index is 2.70. The normalized spacial score (nSPS) is 24.0. The first-order chi connectivity index (χ1) is 9.82. The Kier molecular flexibility index (Phi) is 6.09. The zero-order valence-electron chi connectivity index (χ0n) is 15.2. The molecule has 0 aromatic heterocycles. The van der Waals surface area contributed by atoms with E-state index >= 15 is 0 Å². The summed E-state index contributed by atoms with van der Waals surface area (Å²) in [6.07, 6.45) is 1.45. The molecule has 1 amide bonds. The lowest BCUT2D eigenvalue weighted by Gasteiger charge is -2.42. The Labute approximate surface area is 136 Å². The van der Waals surface area contributed by atoms with Crippen molar-refractivity contribution in [2.75, 3.05) is 13.1 Å². The molecule has 0 aliphatic carbocycles. The molecule has 1 saturated heterocycles. The molecular weight excluding hydrogens is 296 g/mol. The first-order valence-corrected chi connectivity index (χ1v) is 11.2. The summed E-state index contributed by atoms with van der Waals surface area (Å²) < 4.78 is 5.38. The molecule has 1 aliphatic heterocycles. The highest BCUT2D eigenvalue weighted by atomic mass is 28.4. The van der Waals surface area contributed by atoms with E-state index in [1.165, 1.54) is 0 Å². The van der Waals surface area contributed by atoms with Gasteiger partial charge in [0.2, 0.25) is 0 Å². The van der Waals surface area contributed by atoms with Crippen molar-refractivity contribution < 1.29 is 14.3 Å². The number of carbonyl (C=O) groups excluding carboxylic acids is 1. The van der Waals surface area contributed by atoms with Gasteiger partial charge >= 0.3 is 6.09 Å². The molecule has 1 aliphatic rings. The highest BCUT2D eigenvalue weighted by molar-refractivity contribution is 6.72. The maximum Gasteiger partial charge on any atom is 0.407 e. The second-order valence-electron chi connectivity index (χ2n) is 8.65. The third-order valence-corrected chi connectivity index (χ3v) is 8.26. The van der Waals surface area contributed by atoms with E-state index in [-0.39, 0.29) is 17.2 Å². The van der Waals surface area contributed by atoms with Crippen molar-refractivity contribution in [1.29, 1.82) is 0 Å². The fourth-order valence-electron chi connectivity index (χ4n) is 2.69. The molecule has 0 aromatic carbocycles. The molecule has 22 heavy (non-hydrogen) atoms. The maximum absolute atomic E-state index is 12.0. The molecule has 0 saturated carbocycles. The van der Waals surface area contributed by atoms with Crippen LogP contribution in [0.2, 0.25) is 18.1 Å². The van der Waals surface area contributed by atoms with Crippen LogP contribution in [0, 0.1) is 5.92 Å². The first kappa shape index (κ1) is 19.5. The minimum absolute atomic E-state index is 0.0927. The SMILES string of the molecule is CC(C)(C)OC(=O)N[C@@H]1CCNC[C@H]1CC(C)(C)[Si](C)(C)O. The van der Waals surface area contributed by atoms with Gasteiger partial charge in [-0.3, -0.25) is 0 Å². The van der Waals surface area contributed by atoms with Crippen molar-refractivity contribution in [3.63, 3.8) is 0 Å². The van der Waals surface area contributed by atoms with Crippen LogP contribution in [0.3, 0.4) is 0 Å². The average molecular weight is 331 g/mol. The van der Waals surface area contributed by atoms with Gasteiger partial charge in [-0.05, 0) is 70.8 Å². The minimum atomic E-state index is -2.25. The zero-order chi connectivity index (χ0) is 17.2. The third-order valence-electron chi connectivity index (χ3n) is 4.74. The molecule has 0 unspecified atom stereocenters. The van der Waals surface area contributed by atoms with Gasteiger partial charge in [0, 0.05) is 6.04 Å². The molecule has 0 radical (unpaired) electrons. The predicted octanol–water partition coefficient (Wildman–Crippen LogP) is 2.86. The minimum Gasteiger partial charge on any atom is -0.444 e. The number of nitrogens with one attached hydrogen (secondary N) is 2. The number of carbonyl (C=O) groups is 1. The van der Waals surface area contributed by atoms with E-state index in [4.69, 9.17) is 4.74 Å². The molecular formula is C16H34N2O3Si. The molecule has 0 bridgehead atoms. The van der Waals surface area contributed by atoms with Crippen molar-refractivity contribution in [3.05, 3.63) is 0 Å². The van der Waals surface area contributed by atoms with E-state index < -0.39 is 13.9 Å². The molecule has 3 N–H and O–H groups in total. The molecule has 1 fully saturated rings. The van der Waals surface area contributed by atoms with Gasteiger partial charge in [-0.15, -0.1) is 0 Å². The zero-order valence-corrected chi connectivity index (χ0v) is 16.2. The van der Waals surface area contributed by atoms with Crippen LogP contribution in [0.25, 0.3) is 0 Å². The standard InChI is InChI=1S/C16H34N2O3Si/c1-15(2,3)21-14(19)18-13-8-9-17-11-12(13)10-16(4,5)22(6,7)20/h12-13,17,20H,8-11H2,1-7H3,(H,18,19)/t12-,13-/m1/s1. The van der Waals surface area contributed by atoms with Gasteiger partial charge in [0.1, 0.15) is 5.60 Å². The van der Waals surface area contributed by atoms with Crippen LogP contribution in [0.4, 0.5) is 4.79 Å². The highest BCUT2D eigenvalue weighted by Gasteiger charge is 2.42. The summed E-state index contributed by atoms with van der Waals surface area (Å²) in [4.78, 5) is 22.5. The maximum atomic E-state index is 12.0. The van der Waals surface area contributed by atoms with Gasteiger partial charge in [0.05, 0.1) is 0 Å². The first-order valence-electron chi connectivity index (χ1n) is 8.24. The summed E-state index contributed by atoms with van der Waals surface area (Å²) >= 11 is 0. The third kappa shape index (κ3) is 5.89. The van der Waals surface area contributed by atoms with Crippen molar-refractivity contribution in [1.82, 2.24) is 10.6 Å². The van der Waals surface area contributed by atoms with Crippen LogP contribution in [-0.2, 0) is 4.74 Å². The molecule has 1 heterocycles. The Hall–Kier alpha value is -0.593. The largest absolute Gasteiger partial charge is 0.444 e. The number of amides is 1. The number of rotatable bonds is 4. The summed E-state index contributed by atoms with van der Waals surface area (Å²) in [6, 6.07) is 0.103. The van der Waals surface area contributed by atoms with Gasteiger partial charge in [-0.25, -0.2) is 4.79 Å². The van der Waals surface area contributed by atoms with Crippen LogP contribution < -0.4 is 10.6 Å². The van der Waals surface area contributed by atoms with Crippen LogP contribution in [-0.4, -0.2) is 43.9 Å². The summed E-state index contributed by atoms with van der Waals surface area (Å²) in [7, 11) is -2.25. The Morgan fingerprint density at radius 1 is 1.32 bits per heavy atom. The predicted molar refractivity (Wildman–Crippen MR) is 92.5 cm³/mol. The molecule has 6 heteroatoms. The van der Waals surface area contributed by atoms with Crippen molar-refractivity contribution in [3.8, 4) is 0 Å². The van der Waals surface area contributed by atoms with Gasteiger partial charge in [0.15, 0.2) is 8.32 Å². The highest BCUT2D eigenvalue weighted by Crippen LogP contribution is 2.42. The lowest BCUT2D eigenvalue weighted by atomic mass is 9.86. The topological polar surface area (TPSA) is 70.6 Å². The summed E-state index contributed by atoms with van der Waals surface area (Å²) in [6.45, 7) is 15.6. The van der Waals surface area contributed by atoms with E-state index in [0.29, 0.717) is 5.92 Å². The van der Waals surface area contributed by atoms with E-state index in [1.807, 2.05) is 33.9 Å². The Morgan fingerprint density at radius 2 is 1.91 bits per heavy atom. The number of ether oxygens (including phenoxy) is 1. The summed E-state index contributed by atoms with van der Waals surface area (Å²) in [5, 5.41) is 6.34. The fraction of sp³-hybridized carbons (Fsp3) is 0.938. The second kappa shape index (κ2) is 6.89. The molecule has 1 rings (SSSR count). The van der Waals surface area contributed by atoms with Crippen molar-refractivity contribution in [2.45, 2.75) is 77.2 Å². The summed E-state index contributed by atoms with van der Waals surface area (Å²) in [5.41, 5.74) is -0.480. The molecule has 130 valence electrons. The lowest BCUT2D eigenvalue weighted by Crippen LogP contribution is -2.52. The molecule has 0 aromatic rings. The van der Waals surface area contributed by atoms with Crippen molar-refractivity contribution in [2.24, 2.45) is 5.92 Å². The van der Waals surface area contributed by atoms with Gasteiger partial charge in [-0.1, -0.05) is 13.8 Å². The molecule has 2 atom stereocenters. The quantitative estimate of drug-likeness (QED) is 0.693. The number of hydrogen-bond donors (Lipinski definition) is 3. The van der Waals surface area contributed by atoms with E-state index in [1.54, 1.807) is 0 Å². The van der Waals surface area contributed by atoms with Crippen LogP contribution >= 0.6 is 0 Å². The van der Waals surface area contributed by atoms with Gasteiger partial charge in [-0.2, -0.15) is 0 Å². The van der Waals surface area contributed by atoms with Crippen LogP contribution in [0.15, 0.2) is 0 Å². The van der Waals surface area contributed by atoms with E-state index in [9.17, 15) is 9.59 Å². The monoisotopic (exact) mass is 330 g/mol. The smallest absolute Gasteiger partial charge is 0.407 e. The van der Waals surface area contributed by atoms with Crippen LogP contribution in [0.5, 0.6) is 0 Å². The van der Waals surface area contributed by atoms with Crippen LogP contribution in [0.1, 0.15) is 47.5 Å². The van der Waals surface area contributed by atoms with Gasteiger partial charge < -0.3 is 20.2 Å². The van der Waals surface area contributed by atoms with Gasteiger partial charge in [0.25, 0.3) is 0 Å². The lowest BCUT2D eigenvalue weighted by molar-refractivity contribution is 0.0468. The number of hydrogen-bond acceptors (Lipinski definition) is 4. The number of piperidine rings is 1. The van der Waals surface area contributed by atoms with E-state index in [2.05, 4.69) is 24.5 Å². The van der Waals surface area contributed by atoms with Crippen molar-refractivity contribution >= 4 is 14.4 Å². The summed E-state index contributed by atoms with van der Waals surface area (Å²) in [5.74, 6) is 0.315. The second-order valence-corrected chi connectivity index (χ2v) is 13.1. The Bertz CT molecular complexity index is 386. The Morgan fingerprint density at radius 3 is 2.41 bits per heavy atom. The molecule has 5 nitrogen and oxygen atoms in total. The average Bonchev–Trinajstić information content (AvgIpc) is 2.27. The molecule has 0 spiro atoms. The fourth-order valence-corrected chi connectivity index (χ4v) is 3.45.